The lowest BCUT2D eigenvalue weighted by Crippen LogP contribution is -2.39. The van der Waals surface area contributed by atoms with Gasteiger partial charge in [-0.05, 0) is 43.4 Å². The van der Waals surface area contributed by atoms with Crippen molar-refractivity contribution in [3.63, 3.8) is 0 Å². The molecule has 5 nitrogen and oxygen atoms in total. The fourth-order valence-corrected chi connectivity index (χ4v) is 4.73. The SMILES string of the molecule is CN(CCc1cnn(C)c1)C(=O)[C@@H]1C[C@H](c2ccccc2)N2CCC[C@@H]12. The fourth-order valence-electron chi connectivity index (χ4n) is 4.73. The first-order valence-corrected chi connectivity index (χ1v) is 9.66. The molecular formula is C21H28N4O. The molecule has 1 amide bonds. The summed E-state index contributed by atoms with van der Waals surface area (Å²) in [6.07, 6.45) is 8.08. The Labute approximate surface area is 155 Å². The molecule has 3 atom stereocenters. The Morgan fingerprint density at radius 2 is 2.12 bits per heavy atom. The lowest BCUT2D eigenvalue weighted by molar-refractivity contribution is -0.134. The van der Waals surface area contributed by atoms with E-state index in [4.69, 9.17) is 0 Å². The molecule has 0 aliphatic carbocycles. The van der Waals surface area contributed by atoms with Gasteiger partial charge in [-0.1, -0.05) is 30.3 Å². The molecule has 2 fully saturated rings. The van der Waals surface area contributed by atoms with Crippen molar-refractivity contribution in [2.24, 2.45) is 13.0 Å². The molecule has 1 aromatic carbocycles. The summed E-state index contributed by atoms with van der Waals surface area (Å²) in [7, 11) is 3.88. The van der Waals surface area contributed by atoms with Gasteiger partial charge in [-0.2, -0.15) is 5.10 Å². The second-order valence-electron chi connectivity index (χ2n) is 7.75. The zero-order valence-electron chi connectivity index (χ0n) is 15.7. The lowest BCUT2D eigenvalue weighted by Gasteiger charge is -2.26. The number of benzene rings is 1. The van der Waals surface area contributed by atoms with Crippen molar-refractivity contribution in [3.05, 3.63) is 53.9 Å². The van der Waals surface area contributed by atoms with Gasteiger partial charge in [0.2, 0.25) is 5.91 Å². The summed E-state index contributed by atoms with van der Waals surface area (Å²) in [5, 5.41) is 4.21. The second-order valence-corrected chi connectivity index (χ2v) is 7.75. The van der Waals surface area contributed by atoms with Crippen LogP contribution in [0.15, 0.2) is 42.7 Å². The van der Waals surface area contributed by atoms with Crippen LogP contribution in [0, 0.1) is 5.92 Å². The smallest absolute Gasteiger partial charge is 0.227 e. The molecule has 2 aliphatic rings. The van der Waals surface area contributed by atoms with Gasteiger partial charge in [0, 0.05) is 38.9 Å². The quantitative estimate of drug-likeness (QED) is 0.831. The molecule has 0 bridgehead atoms. The molecule has 4 rings (SSSR count). The number of aryl methyl sites for hydroxylation is 1. The number of fused-ring (bicyclic) bond motifs is 1. The molecule has 1 aromatic heterocycles. The van der Waals surface area contributed by atoms with Crippen LogP contribution in [0.5, 0.6) is 0 Å². The van der Waals surface area contributed by atoms with Crippen molar-refractivity contribution < 1.29 is 4.79 Å². The van der Waals surface area contributed by atoms with Gasteiger partial charge in [0.15, 0.2) is 0 Å². The minimum absolute atomic E-state index is 0.126. The molecule has 2 aromatic rings. The normalized spacial score (nSPS) is 25.4. The van der Waals surface area contributed by atoms with Gasteiger partial charge in [0.1, 0.15) is 0 Å². The fraction of sp³-hybridized carbons (Fsp3) is 0.524. The van der Waals surface area contributed by atoms with Gasteiger partial charge in [0.25, 0.3) is 0 Å². The first-order chi connectivity index (χ1) is 12.6. The number of rotatable bonds is 5. The first-order valence-electron chi connectivity index (χ1n) is 9.66. The van der Waals surface area contributed by atoms with E-state index < -0.39 is 0 Å². The Bertz CT molecular complexity index is 756. The third kappa shape index (κ3) is 3.28. The number of hydrogen-bond acceptors (Lipinski definition) is 3. The van der Waals surface area contributed by atoms with E-state index in [1.165, 1.54) is 17.5 Å². The van der Waals surface area contributed by atoms with Crippen LogP contribution in [0.2, 0.25) is 0 Å². The van der Waals surface area contributed by atoms with Gasteiger partial charge < -0.3 is 4.90 Å². The maximum absolute atomic E-state index is 13.2. The third-order valence-corrected chi connectivity index (χ3v) is 6.06. The highest BCUT2D eigenvalue weighted by Crippen LogP contribution is 2.45. The van der Waals surface area contributed by atoms with E-state index in [1.807, 2.05) is 36.1 Å². The molecular weight excluding hydrogens is 324 g/mol. The summed E-state index contributed by atoms with van der Waals surface area (Å²) in [4.78, 5) is 17.7. The molecule has 138 valence electrons. The number of carbonyl (C=O) groups excluding carboxylic acids is 1. The largest absolute Gasteiger partial charge is 0.345 e. The van der Waals surface area contributed by atoms with Crippen LogP contribution in [0.3, 0.4) is 0 Å². The summed E-state index contributed by atoms with van der Waals surface area (Å²) in [6.45, 7) is 1.87. The van der Waals surface area contributed by atoms with Crippen LogP contribution in [-0.4, -0.2) is 51.7 Å². The molecule has 3 heterocycles. The van der Waals surface area contributed by atoms with E-state index >= 15 is 0 Å². The van der Waals surface area contributed by atoms with Crippen LogP contribution < -0.4 is 0 Å². The van der Waals surface area contributed by atoms with Crippen LogP contribution in [-0.2, 0) is 18.3 Å². The van der Waals surface area contributed by atoms with E-state index in [-0.39, 0.29) is 5.92 Å². The van der Waals surface area contributed by atoms with Gasteiger partial charge in [-0.25, -0.2) is 0 Å². The average Bonchev–Trinajstić information content (AvgIpc) is 3.36. The summed E-state index contributed by atoms with van der Waals surface area (Å²) < 4.78 is 1.81. The average molecular weight is 352 g/mol. The van der Waals surface area contributed by atoms with Crippen LogP contribution in [0.25, 0.3) is 0 Å². The van der Waals surface area contributed by atoms with Gasteiger partial charge in [-0.3, -0.25) is 14.4 Å². The van der Waals surface area contributed by atoms with Crippen LogP contribution in [0.4, 0.5) is 0 Å². The van der Waals surface area contributed by atoms with Crippen molar-refractivity contribution in [3.8, 4) is 0 Å². The molecule has 5 heteroatoms. The summed E-state index contributed by atoms with van der Waals surface area (Å²) >= 11 is 0. The zero-order chi connectivity index (χ0) is 18.1. The van der Waals surface area contributed by atoms with Crippen molar-refractivity contribution >= 4 is 5.91 Å². The molecule has 2 aliphatic heterocycles. The Morgan fingerprint density at radius 3 is 2.85 bits per heavy atom. The Balaban J connectivity index is 1.43. The molecule has 0 spiro atoms. The first kappa shape index (κ1) is 17.3. The van der Waals surface area contributed by atoms with Gasteiger partial charge in [0.05, 0.1) is 12.1 Å². The number of amides is 1. The number of likely N-dealkylation sites (N-methyl/N-ethyl adjacent to an activating group) is 1. The Hall–Kier alpha value is -2.14. The summed E-state index contributed by atoms with van der Waals surface area (Å²) in [6, 6.07) is 11.5. The predicted octanol–water partition coefficient (Wildman–Crippen LogP) is 2.65. The van der Waals surface area contributed by atoms with Crippen LogP contribution >= 0.6 is 0 Å². The van der Waals surface area contributed by atoms with E-state index in [0.717, 1.165) is 32.4 Å². The minimum atomic E-state index is 0.126. The maximum atomic E-state index is 13.2. The van der Waals surface area contributed by atoms with E-state index in [1.54, 1.807) is 0 Å². The second kappa shape index (κ2) is 7.23. The molecule has 0 N–H and O–H groups in total. The molecule has 0 saturated carbocycles. The number of nitrogens with zero attached hydrogens (tertiary/aromatic N) is 4. The molecule has 26 heavy (non-hydrogen) atoms. The zero-order valence-corrected chi connectivity index (χ0v) is 15.7. The predicted molar refractivity (Wildman–Crippen MR) is 102 cm³/mol. The number of hydrogen-bond donors (Lipinski definition) is 0. The Kier molecular flexibility index (Phi) is 4.81. The van der Waals surface area contributed by atoms with E-state index in [9.17, 15) is 4.79 Å². The standard InChI is InChI=1S/C21H28N4O/c1-23(12-10-16-14-22-24(2)15-16)21(26)18-13-20(17-7-4-3-5-8-17)25-11-6-9-19(18)25/h3-5,7-8,14-15,18-20H,6,9-13H2,1-2H3/t18-,19+,20-/m1/s1. The summed E-state index contributed by atoms with van der Waals surface area (Å²) in [5.41, 5.74) is 2.54. The molecule has 0 radical (unpaired) electrons. The molecule has 0 unspecified atom stereocenters. The number of aromatic nitrogens is 2. The van der Waals surface area contributed by atoms with Crippen LogP contribution in [0.1, 0.15) is 36.4 Å². The highest BCUT2D eigenvalue weighted by atomic mass is 16.2. The monoisotopic (exact) mass is 352 g/mol. The summed E-state index contributed by atoms with van der Waals surface area (Å²) in [5.74, 6) is 0.436. The third-order valence-electron chi connectivity index (χ3n) is 6.06. The highest BCUT2D eigenvalue weighted by molar-refractivity contribution is 5.80. The maximum Gasteiger partial charge on any atom is 0.227 e. The lowest BCUT2D eigenvalue weighted by atomic mass is 9.93. The number of carbonyl (C=O) groups is 1. The van der Waals surface area contributed by atoms with Gasteiger partial charge >= 0.3 is 0 Å². The topological polar surface area (TPSA) is 41.4 Å². The minimum Gasteiger partial charge on any atom is -0.345 e. The van der Waals surface area contributed by atoms with Crippen molar-refractivity contribution in [1.82, 2.24) is 19.6 Å². The highest BCUT2D eigenvalue weighted by Gasteiger charge is 2.47. The van der Waals surface area contributed by atoms with Crippen molar-refractivity contribution in [2.45, 2.75) is 37.8 Å². The van der Waals surface area contributed by atoms with E-state index in [0.29, 0.717) is 18.0 Å². The van der Waals surface area contributed by atoms with Gasteiger partial charge in [-0.15, -0.1) is 0 Å². The van der Waals surface area contributed by atoms with Crippen molar-refractivity contribution in [1.29, 1.82) is 0 Å². The molecule has 2 saturated heterocycles. The van der Waals surface area contributed by atoms with Crippen molar-refractivity contribution in [2.75, 3.05) is 20.1 Å². The Morgan fingerprint density at radius 1 is 1.31 bits per heavy atom. The van der Waals surface area contributed by atoms with E-state index in [2.05, 4.69) is 40.3 Å².